The molecule has 2 atom stereocenters. The highest BCUT2D eigenvalue weighted by Crippen LogP contribution is 2.41. The van der Waals surface area contributed by atoms with Crippen molar-refractivity contribution in [2.24, 2.45) is 5.92 Å². The second kappa shape index (κ2) is 6.58. The Balaban J connectivity index is 2.41. The van der Waals surface area contributed by atoms with Crippen molar-refractivity contribution in [3.05, 3.63) is 33.8 Å². The number of aryl methyl sites for hydroxylation is 1. The topological polar surface area (TPSA) is 66.8 Å². The Labute approximate surface area is 132 Å². The van der Waals surface area contributed by atoms with Crippen LogP contribution in [0.2, 0.25) is 0 Å². The molecule has 21 heavy (non-hydrogen) atoms. The number of benzene rings is 1. The van der Waals surface area contributed by atoms with Crippen molar-refractivity contribution in [2.45, 2.75) is 19.4 Å². The molecular weight excluding hydrogens is 338 g/mol. The van der Waals surface area contributed by atoms with Crippen LogP contribution in [0, 0.1) is 12.8 Å². The molecule has 1 amide bonds. The van der Waals surface area contributed by atoms with Crippen LogP contribution >= 0.6 is 15.9 Å². The summed E-state index contributed by atoms with van der Waals surface area (Å²) in [6.07, 6.45) is 0.0318. The molecule has 1 aliphatic rings. The first kappa shape index (κ1) is 16.0. The van der Waals surface area contributed by atoms with Gasteiger partial charge in [-0.1, -0.05) is 28.1 Å². The Morgan fingerprint density at radius 3 is 2.81 bits per heavy atom. The Hall–Kier alpha value is -1.40. The molecule has 5 nitrogen and oxygen atoms in total. The Kier molecular flexibility index (Phi) is 5.00. The highest BCUT2D eigenvalue weighted by atomic mass is 79.9. The smallest absolute Gasteiger partial charge is 0.309 e. The minimum Gasteiger partial charge on any atom is -0.481 e. The Morgan fingerprint density at radius 2 is 2.24 bits per heavy atom. The first-order valence-electron chi connectivity index (χ1n) is 6.73. The van der Waals surface area contributed by atoms with Gasteiger partial charge in [0.05, 0.1) is 18.6 Å². The van der Waals surface area contributed by atoms with Crippen LogP contribution in [0.3, 0.4) is 0 Å². The van der Waals surface area contributed by atoms with Gasteiger partial charge in [0.2, 0.25) is 5.91 Å². The van der Waals surface area contributed by atoms with Gasteiger partial charge in [-0.15, -0.1) is 0 Å². The van der Waals surface area contributed by atoms with Crippen molar-refractivity contribution in [1.82, 2.24) is 4.90 Å². The fourth-order valence-corrected chi connectivity index (χ4v) is 3.45. The van der Waals surface area contributed by atoms with Crippen molar-refractivity contribution in [2.75, 3.05) is 20.3 Å². The van der Waals surface area contributed by atoms with Crippen LogP contribution in [-0.4, -0.2) is 42.1 Å². The van der Waals surface area contributed by atoms with Gasteiger partial charge in [-0.25, -0.2) is 0 Å². The molecule has 0 radical (unpaired) electrons. The molecule has 1 N–H and O–H groups in total. The third-order valence-electron chi connectivity index (χ3n) is 3.76. The number of carboxylic acids is 1. The van der Waals surface area contributed by atoms with Crippen molar-refractivity contribution in [3.8, 4) is 0 Å². The lowest BCUT2D eigenvalue weighted by Gasteiger charge is -2.28. The molecule has 2 rings (SSSR count). The lowest BCUT2D eigenvalue weighted by molar-refractivity contribution is -0.142. The van der Waals surface area contributed by atoms with Crippen LogP contribution in [0.15, 0.2) is 22.7 Å². The van der Waals surface area contributed by atoms with Gasteiger partial charge in [0.15, 0.2) is 0 Å². The maximum absolute atomic E-state index is 12.1. The van der Waals surface area contributed by atoms with Crippen molar-refractivity contribution in [1.29, 1.82) is 0 Å². The molecule has 0 aliphatic carbocycles. The molecule has 1 aliphatic heterocycles. The van der Waals surface area contributed by atoms with Gasteiger partial charge in [0.1, 0.15) is 0 Å². The van der Waals surface area contributed by atoms with E-state index in [1.165, 1.54) is 0 Å². The van der Waals surface area contributed by atoms with E-state index in [-0.39, 0.29) is 12.3 Å². The zero-order valence-corrected chi connectivity index (χ0v) is 13.6. The van der Waals surface area contributed by atoms with Crippen molar-refractivity contribution in [3.63, 3.8) is 0 Å². The number of likely N-dealkylation sites (tertiary alicyclic amines) is 1. The number of nitrogens with zero attached hydrogens (tertiary/aromatic N) is 1. The molecule has 0 spiro atoms. The molecule has 1 saturated heterocycles. The number of carboxylic acid groups (broad SMARTS) is 1. The van der Waals surface area contributed by atoms with Gasteiger partial charge in [-0.2, -0.15) is 0 Å². The molecule has 0 bridgehead atoms. The zero-order chi connectivity index (χ0) is 15.6. The molecular formula is C15H18BrNO4. The molecule has 1 heterocycles. The standard InChI is InChI=1S/C15H18BrNO4/c1-9-3-4-10(12(16)7-9)14-11(15(19)20)8-13(18)17(14)5-6-21-2/h3-4,7,11,14H,5-6,8H2,1-2H3,(H,19,20). The summed E-state index contributed by atoms with van der Waals surface area (Å²) in [6, 6.07) is 5.29. The second-order valence-electron chi connectivity index (χ2n) is 5.20. The summed E-state index contributed by atoms with van der Waals surface area (Å²) in [6.45, 7) is 2.74. The highest BCUT2D eigenvalue weighted by molar-refractivity contribution is 9.10. The van der Waals surface area contributed by atoms with Crippen molar-refractivity contribution < 1.29 is 19.4 Å². The minimum atomic E-state index is -0.944. The van der Waals surface area contributed by atoms with E-state index in [4.69, 9.17) is 4.74 Å². The SMILES string of the molecule is COCCN1C(=O)CC(C(=O)O)C1c1ccc(C)cc1Br. The Bertz CT molecular complexity index is 561. The summed E-state index contributed by atoms with van der Waals surface area (Å²) in [5.74, 6) is -1.81. The predicted molar refractivity (Wildman–Crippen MR) is 81.0 cm³/mol. The number of hydrogen-bond donors (Lipinski definition) is 1. The fraction of sp³-hybridized carbons (Fsp3) is 0.467. The molecule has 0 aromatic heterocycles. The summed E-state index contributed by atoms with van der Waals surface area (Å²) >= 11 is 3.49. The number of carbonyl (C=O) groups is 2. The monoisotopic (exact) mass is 355 g/mol. The van der Waals surface area contributed by atoms with E-state index in [2.05, 4.69) is 15.9 Å². The summed E-state index contributed by atoms with van der Waals surface area (Å²) in [7, 11) is 1.56. The molecule has 114 valence electrons. The molecule has 2 unspecified atom stereocenters. The zero-order valence-electron chi connectivity index (χ0n) is 12.0. The van der Waals surface area contributed by atoms with Gasteiger partial charge in [-0.05, 0) is 24.1 Å². The van der Waals surface area contributed by atoms with E-state index in [9.17, 15) is 14.7 Å². The third-order valence-corrected chi connectivity index (χ3v) is 4.45. The van der Waals surface area contributed by atoms with Crippen LogP contribution in [0.5, 0.6) is 0 Å². The van der Waals surface area contributed by atoms with Gasteiger partial charge in [0.25, 0.3) is 0 Å². The quantitative estimate of drug-likeness (QED) is 0.880. The lowest BCUT2D eigenvalue weighted by atomic mass is 9.93. The van der Waals surface area contributed by atoms with Crippen LogP contribution in [-0.2, 0) is 14.3 Å². The number of aliphatic carboxylic acids is 1. The van der Waals surface area contributed by atoms with Gasteiger partial charge in [0, 0.05) is 24.5 Å². The number of amides is 1. The van der Waals surface area contributed by atoms with Crippen LogP contribution in [0.25, 0.3) is 0 Å². The maximum atomic E-state index is 12.1. The second-order valence-corrected chi connectivity index (χ2v) is 6.05. The van der Waals surface area contributed by atoms with E-state index in [1.54, 1.807) is 12.0 Å². The van der Waals surface area contributed by atoms with E-state index in [0.717, 1.165) is 15.6 Å². The third kappa shape index (κ3) is 3.27. The highest BCUT2D eigenvalue weighted by Gasteiger charge is 2.45. The molecule has 0 saturated carbocycles. The van der Waals surface area contributed by atoms with Gasteiger partial charge >= 0.3 is 5.97 Å². The number of rotatable bonds is 5. The molecule has 1 aromatic carbocycles. The first-order valence-corrected chi connectivity index (χ1v) is 7.52. The van der Waals surface area contributed by atoms with Crippen LogP contribution in [0.4, 0.5) is 0 Å². The van der Waals surface area contributed by atoms with E-state index < -0.39 is 17.9 Å². The number of carbonyl (C=O) groups excluding carboxylic acids is 1. The van der Waals surface area contributed by atoms with Gasteiger partial charge in [-0.3, -0.25) is 9.59 Å². The molecule has 1 aromatic rings. The average molecular weight is 356 g/mol. The maximum Gasteiger partial charge on any atom is 0.309 e. The fourth-order valence-electron chi connectivity index (χ4n) is 2.72. The molecule has 6 heteroatoms. The van der Waals surface area contributed by atoms with Crippen LogP contribution < -0.4 is 0 Å². The first-order chi connectivity index (χ1) is 9.95. The van der Waals surface area contributed by atoms with E-state index in [1.807, 2.05) is 25.1 Å². The number of ether oxygens (including phenoxy) is 1. The number of hydrogen-bond acceptors (Lipinski definition) is 3. The molecule has 1 fully saturated rings. The number of halogens is 1. The summed E-state index contributed by atoms with van der Waals surface area (Å²) < 4.78 is 5.86. The van der Waals surface area contributed by atoms with E-state index in [0.29, 0.717) is 13.2 Å². The largest absolute Gasteiger partial charge is 0.481 e. The summed E-state index contributed by atoms with van der Waals surface area (Å²) in [5.41, 5.74) is 1.90. The van der Waals surface area contributed by atoms with Crippen molar-refractivity contribution >= 4 is 27.8 Å². The minimum absolute atomic E-state index is 0.0318. The van der Waals surface area contributed by atoms with E-state index >= 15 is 0 Å². The van der Waals surface area contributed by atoms with Gasteiger partial charge < -0.3 is 14.7 Å². The summed E-state index contributed by atoms with van der Waals surface area (Å²) in [4.78, 5) is 25.3. The lowest BCUT2D eigenvalue weighted by Crippen LogP contribution is -2.33. The Morgan fingerprint density at radius 1 is 1.52 bits per heavy atom. The average Bonchev–Trinajstić information content (AvgIpc) is 2.74. The summed E-state index contributed by atoms with van der Waals surface area (Å²) in [5, 5.41) is 9.43. The van der Waals surface area contributed by atoms with Crippen LogP contribution in [0.1, 0.15) is 23.6 Å². The normalized spacial score (nSPS) is 21.9. The number of methoxy groups -OCH3 is 1. The predicted octanol–water partition coefficient (Wildman–Crippen LogP) is 2.38.